The molecular formula is C14H23N3OS. The molecule has 1 aromatic rings. The lowest BCUT2D eigenvalue weighted by Crippen LogP contribution is -2.39. The monoisotopic (exact) mass is 281 g/mol. The third-order valence-electron chi connectivity index (χ3n) is 3.62. The Morgan fingerprint density at radius 1 is 1.47 bits per heavy atom. The largest absolute Gasteiger partial charge is 0.368 e. The normalized spacial score (nSPS) is 20.7. The van der Waals surface area contributed by atoms with E-state index >= 15 is 0 Å². The summed E-state index contributed by atoms with van der Waals surface area (Å²) in [5.41, 5.74) is 2.26. The van der Waals surface area contributed by atoms with Crippen molar-refractivity contribution in [3.05, 3.63) is 21.7 Å². The number of nitrogens with zero attached hydrogens (tertiary/aromatic N) is 2. The van der Waals surface area contributed by atoms with Crippen molar-refractivity contribution < 1.29 is 4.74 Å². The smallest absolute Gasteiger partial charge is 0.138 e. The van der Waals surface area contributed by atoms with Gasteiger partial charge in [0.15, 0.2) is 0 Å². The van der Waals surface area contributed by atoms with Gasteiger partial charge in [0.1, 0.15) is 16.6 Å². The molecule has 1 aromatic heterocycles. The van der Waals surface area contributed by atoms with Crippen LogP contribution in [0.3, 0.4) is 0 Å². The molecule has 106 valence electrons. The highest BCUT2D eigenvalue weighted by molar-refractivity contribution is 7.71. The molecule has 5 heteroatoms. The molecule has 0 aromatic carbocycles. The molecule has 19 heavy (non-hydrogen) atoms. The molecule has 0 radical (unpaired) electrons. The second-order valence-corrected chi connectivity index (χ2v) is 5.43. The average Bonchev–Trinajstić information content (AvgIpc) is 2.42. The average molecular weight is 281 g/mol. The maximum atomic E-state index is 5.85. The van der Waals surface area contributed by atoms with Crippen molar-refractivity contribution in [2.24, 2.45) is 0 Å². The molecule has 4 nitrogen and oxygen atoms in total. The molecule has 0 aliphatic carbocycles. The van der Waals surface area contributed by atoms with Crippen molar-refractivity contribution in [3.8, 4) is 0 Å². The summed E-state index contributed by atoms with van der Waals surface area (Å²) in [4.78, 5) is 10.3. The van der Waals surface area contributed by atoms with Crippen LogP contribution < -0.4 is 0 Å². The lowest BCUT2D eigenvalue weighted by Gasteiger charge is -2.32. The summed E-state index contributed by atoms with van der Waals surface area (Å²) in [5, 5.41) is 0. The van der Waals surface area contributed by atoms with Crippen molar-refractivity contribution in [3.63, 3.8) is 0 Å². The van der Waals surface area contributed by atoms with Crippen LogP contribution in [0.2, 0.25) is 0 Å². The van der Waals surface area contributed by atoms with Crippen LogP contribution in [0.25, 0.3) is 0 Å². The molecule has 1 N–H and O–H groups in total. The van der Waals surface area contributed by atoms with Crippen molar-refractivity contribution in [2.75, 3.05) is 26.2 Å². The van der Waals surface area contributed by atoms with Gasteiger partial charge in [-0.05, 0) is 26.3 Å². The fourth-order valence-corrected chi connectivity index (χ4v) is 2.71. The topological polar surface area (TPSA) is 41.1 Å². The predicted molar refractivity (Wildman–Crippen MR) is 79.0 cm³/mol. The Labute approximate surface area is 120 Å². The summed E-state index contributed by atoms with van der Waals surface area (Å²) >= 11 is 5.34. The summed E-state index contributed by atoms with van der Waals surface area (Å²) in [7, 11) is 0. The maximum Gasteiger partial charge on any atom is 0.138 e. The van der Waals surface area contributed by atoms with Gasteiger partial charge in [-0.15, -0.1) is 0 Å². The van der Waals surface area contributed by atoms with Crippen LogP contribution in [-0.2, 0) is 11.2 Å². The molecule has 1 aliphatic rings. The van der Waals surface area contributed by atoms with Crippen molar-refractivity contribution >= 4 is 12.2 Å². The van der Waals surface area contributed by atoms with E-state index in [9.17, 15) is 0 Å². The molecule has 0 spiro atoms. The fraction of sp³-hybridized carbons (Fsp3) is 0.714. The van der Waals surface area contributed by atoms with E-state index in [-0.39, 0.29) is 6.10 Å². The zero-order valence-electron chi connectivity index (χ0n) is 12.0. The van der Waals surface area contributed by atoms with Crippen LogP contribution in [0, 0.1) is 11.6 Å². The first-order chi connectivity index (χ1) is 9.15. The first-order valence-electron chi connectivity index (χ1n) is 7.09. The number of morpholine rings is 1. The van der Waals surface area contributed by atoms with Gasteiger partial charge in [-0.2, -0.15) is 0 Å². The van der Waals surface area contributed by atoms with Crippen LogP contribution in [0.5, 0.6) is 0 Å². The van der Waals surface area contributed by atoms with Gasteiger partial charge in [-0.1, -0.05) is 26.1 Å². The molecular weight excluding hydrogens is 258 g/mol. The van der Waals surface area contributed by atoms with E-state index in [1.54, 1.807) is 0 Å². The molecule has 2 rings (SSSR count). The van der Waals surface area contributed by atoms with Gasteiger partial charge in [0.05, 0.1) is 6.61 Å². The van der Waals surface area contributed by atoms with Crippen LogP contribution in [-0.4, -0.2) is 41.1 Å². The number of hydrogen-bond acceptors (Lipinski definition) is 4. The van der Waals surface area contributed by atoms with Gasteiger partial charge in [-0.25, -0.2) is 4.98 Å². The molecule has 1 saturated heterocycles. The minimum Gasteiger partial charge on any atom is -0.368 e. The Balaban J connectivity index is 2.21. The summed E-state index contributed by atoms with van der Waals surface area (Å²) in [6, 6.07) is 0. The van der Waals surface area contributed by atoms with E-state index in [2.05, 4.69) is 28.7 Å². The van der Waals surface area contributed by atoms with Gasteiger partial charge in [0.2, 0.25) is 0 Å². The van der Waals surface area contributed by atoms with E-state index in [1.165, 1.54) is 12.1 Å². The number of aromatic nitrogens is 2. The quantitative estimate of drug-likeness (QED) is 0.862. The van der Waals surface area contributed by atoms with Gasteiger partial charge in [0, 0.05) is 24.3 Å². The first-order valence-corrected chi connectivity index (χ1v) is 7.50. The zero-order chi connectivity index (χ0) is 13.8. The standard InChI is InChI=1S/C14H23N3OS/c1-4-6-17-7-8-18-12(9-17)13-15-11(5-2)10(3)14(19)16-13/h12H,4-9H2,1-3H3,(H,15,16,19). The maximum absolute atomic E-state index is 5.85. The van der Waals surface area contributed by atoms with Crippen LogP contribution in [0.15, 0.2) is 0 Å². The molecule has 0 saturated carbocycles. The molecule has 0 bridgehead atoms. The Kier molecular flexibility index (Phi) is 5.07. The van der Waals surface area contributed by atoms with Gasteiger partial charge < -0.3 is 9.72 Å². The second kappa shape index (κ2) is 6.59. The third-order valence-corrected chi connectivity index (χ3v) is 4.02. The third kappa shape index (κ3) is 3.41. The van der Waals surface area contributed by atoms with Gasteiger partial charge in [0.25, 0.3) is 0 Å². The zero-order valence-corrected chi connectivity index (χ0v) is 12.8. The Morgan fingerprint density at radius 2 is 2.26 bits per heavy atom. The number of nitrogens with one attached hydrogen (secondary N) is 1. The number of hydrogen-bond donors (Lipinski definition) is 1. The lowest BCUT2D eigenvalue weighted by molar-refractivity contribution is -0.0343. The molecule has 1 aliphatic heterocycles. The summed E-state index contributed by atoms with van der Waals surface area (Å²) in [6.07, 6.45) is 2.13. The Morgan fingerprint density at radius 3 is 2.95 bits per heavy atom. The van der Waals surface area contributed by atoms with Crippen LogP contribution >= 0.6 is 12.2 Å². The molecule has 1 atom stereocenters. The Bertz CT molecular complexity index is 484. The number of aromatic amines is 1. The molecule has 1 fully saturated rings. The second-order valence-electron chi connectivity index (χ2n) is 5.04. The van der Waals surface area contributed by atoms with Crippen molar-refractivity contribution in [2.45, 2.75) is 39.7 Å². The molecule has 1 unspecified atom stereocenters. The van der Waals surface area contributed by atoms with E-state index in [1.807, 2.05) is 6.92 Å². The summed E-state index contributed by atoms with van der Waals surface area (Å²) in [5.74, 6) is 0.883. The van der Waals surface area contributed by atoms with Gasteiger partial charge >= 0.3 is 0 Å². The fourth-order valence-electron chi connectivity index (χ4n) is 2.49. The number of H-pyrrole nitrogens is 1. The minimum atomic E-state index is 0.0212. The molecule has 2 heterocycles. The lowest BCUT2D eigenvalue weighted by atomic mass is 10.2. The van der Waals surface area contributed by atoms with E-state index in [4.69, 9.17) is 17.0 Å². The van der Waals surface area contributed by atoms with E-state index in [0.29, 0.717) is 4.64 Å². The highest BCUT2D eigenvalue weighted by Crippen LogP contribution is 2.20. The predicted octanol–water partition coefficient (Wildman–Crippen LogP) is 2.79. The summed E-state index contributed by atoms with van der Waals surface area (Å²) < 4.78 is 6.55. The van der Waals surface area contributed by atoms with Crippen molar-refractivity contribution in [1.82, 2.24) is 14.9 Å². The highest BCUT2D eigenvalue weighted by Gasteiger charge is 2.23. The molecule has 0 amide bonds. The van der Waals surface area contributed by atoms with E-state index in [0.717, 1.165) is 44.0 Å². The number of ether oxygens (including phenoxy) is 1. The van der Waals surface area contributed by atoms with E-state index < -0.39 is 0 Å². The van der Waals surface area contributed by atoms with Crippen LogP contribution in [0.1, 0.15) is 43.5 Å². The number of aryl methyl sites for hydroxylation is 1. The number of rotatable bonds is 4. The minimum absolute atomic E-state index is 0.0212. The summed E-state index contributed by atoms with van der Waals surface area (Å²) in [6.45, 7) is 10.2. The van der Waals surface area contributed by atoms with Crippen molar-refractivity contribution in [1.29, 1.82) is 0 Å². The SMILES string of the molecule is CCCN1CCOC(c2nc(=S)c(C)c(CC)[nH]2)C1. The Hall–Kier alpha value is -0.780. The first kappa shape index (κ1) is 14.6. The highest BCUT2D eigenvalue weighted by atomic mass is 32.1. The van der Waals surface area contributed by atoms with Crippen LogP contribution in [0.4, 0.5) is 0 Å². The van der Waals surface area contributed by atoms with Gasteiger partial charge in [-0.3, -0.25) is 4.90 Å².